The first kappa shape index (κ1) is 25.9. The molecule has 2 fully saturated rings. The number of nitrogens with one attached hydrogen (secondary N) is 2. The van der Waals surface area contributed by atoms with E-state index in [1.54, 1.807) is 0 Å². The maximum Gasteiger partial charge on any atom is 0.191 e. The molecule has 0 aromatic carbocycles. The van der Waals surface area contributed by atoms with Gasteiger partial charge in [-0.25, -0.2) is 0 Å². The maximum absolute atomic E-state index is 6.03. The summed E-state index contributed by atoms with van der Waals surface area (Å²) in [5.41, 5.74) is 0. The first-order valence-electron chi connectivity index (χ1n) is 11.2. The summed E-state index contributed by atoms with van der Waals surface area (Å²) in [7, 11) is 0. The van der Waals surface area contributed by atoms with Crippen molar-refractivity contribution in [3.8, 4) is 0 Å². The van der Waals surface area contributed by atoms with Crippen LogP contribution in [0.5, 0.6) is 0 Å². The molecule has 1 saturated heterocycles. The summed E-state index contributed by atoms with van der Waals surface area (Å²) in [5, 5.41) is 6.68. The summed E-state index contributed by atoms with van der Waals surface area (Å²) >= 11 is 0. The Hall–Kier alpha value is -0.120. The summed E-state index contributed by atoms with van der Waals surface area (Å²) < 4.78 is 17.2. The van der Waals surface area contributed by atoms with Gasteiger partial charge in [0.2, 0.25) is 0 Å². The van der Waals surface area contributed by atoms with Crippen LogP contribution in [0.4, 0.5) is 0 Å². The highest BCUT2D eigenvalue weighted by Crippen LogP contribution is 2.19. The van der Waals surface area contributed by atoms with Gasteiger partial charge in [-0.1, -0.05) is 25.7 Å². The third-order valence-corrected chi connectivity index (χ3v) is 5.31. The average molecular weight is 511 g/mol. The Kier molecular flexibility index (Phi) is 16.4. The monoisotopic (exact) mass is 511 g/mol. The summed E-state index contributed by atoms with van der Waals surface area (Å²) in [6.45, 7) is 8.74. The number of hydrogen-bond acceptors (Lipinski definition) is 4. The van der Waals surface area contributed by atoms with Crippen LogP contribution in [0.25, 0.3) is 0 Å². The number of hydrogen-bond donors (Lipinski definition) is 2. The van der Waals surface area contributed by atoms with E-state index in [4.69, 9.17) is 14.2 Å². The van der Waals surface area contributed by atoms with Crippen molar-refractivity contribution in [3.63, 3.8) is 0 Å². The minimum absolute atomic E-state index is 0. The molecule has 28 heavy (non-hydrogen) atoms. The van der Waals surface area contributed by atoms with E-state index in [1.165, 1.54) is 38.5 Å². The van der Waals surface area contributed by atoms with Gasteiger partial charge in [-0.3, -0.25) is 4.99 Å². The Balaban J connectivity index is 0.00000392. The Bertz CT molecular complexity index is 385. The molecule has 0 aromatic heterocycles. The van der Waals surface area contributed by atoms with E-state index in [0.29, 0.717) is 12.0 Å². The lowest BCUT2D eigenvalue weighted by atomic mass is 10.0. The van der Waals surface area contributed by atoms with Crippen LogP contribution in [0.3, 0.4) is 0 Å². The van der Waals surface area contributed by atoms with Crippen molar-refractivity contribution in [2.45, 2.75) is 70.8 Å². The standard InChI is InChI=1S/C21H41N3O3.HI/c1-2-22-21(24-13-17-27-20-8-5-3-4-6-9-20)23-12-7-14-26-18-19-10-15-25-16-11-19;/h19-20H,2-18H2,1H3,(H2,22,23,24);1H. The highest BCUT2D eigenvalue weighted by Gasteiger charge is 2.13. The molecule has 0 radical (unpaired) electrons. The third-order valence-electron chi connectivity index (χ3n) is 5.31. The molecule has 0 atom stereocenters. The second kappa shape index (κ2) is 17.7. The van der Waals surface area contributed by atoms with Gasteiger partial charge in [0, 0.05) is 46.1 Å². The van der Waals surface area contributed by atoms with Crippen LogP contribution in [0.2, 0.25) is 0 Å². The van der Waals surface area contributed by atoms with E-state index in [9.17, 15) is 0 Å². The summed E-state index contributed by atoms with van der Waals surface area (Å²) in [4.78, 5) is 4.64. The van der Waals surface area contributed by atoms with Crippen LogP contribution >= 0.6 is 24.0 Å². The molecule has 0 unspecified atom stereocenters. The summed E-state index contributed by atoms with van der Waals surface area (Å²) in [5.74, 6) is 1.56. The first-order chi connectivity index (χ1) is 13.4. The highest BCUT2D eigenvalue weighted by atomic mass is 127. The van der Waals surface area contributed by atoms with Gasteiger partial charge < -0.3 is 24.8 Å². The van der Waals surface area contributed by atoms with Gasteiger partial charge in [-0.15, -0.1) is 24.0 Å². The van der Waals surface area contributed by atoms with Crippen LogP contribution in [0.15, 0.2) is 4.99 Å². The van der Waals surface area contributed by atoms with E-state index in [-0.39, 0.29) is 24.0 Å². The zero-order valence-electron chi connectivity index (χ0n) is 17.8. The van der Waals surface area contributed by atoms with Gasteiger partial charge in [-0.2, -0.15) is 0 Å². The largest absolute Gasteiger partial charge is 0.381 e. The number of nitrogens with zero attached hydrogens (tertiary/aromatic N) is 1. The molecule has 1 aliphatic heterocycles. The summed E-state index contributed by atoms with van der Waals surface area (Å²) in [6.07, 6.45) is 11.5. The lowest BCUT2D eigenvalue weighted by Crippen LogP contribution is -2.39. The molecular formula is C21H42IN3O3. The zero-order chi connectivity index (χ0) is 19.0. The second-order valence-corrected chi connectivity index (χ2v) is 7.66. The van der Waals surface area contributed by atoms with Crippen molar-refractivity contribution < 1.29 is 14.2 Å². The number of aliphatic imine (C=N–C) groups is 1. The Morgan fingerprint density at radius 1 is 1.00 bits per heavy atom. The van der Waals surface area contributed by atoms with Crippen molar-refractivity contribution >= 4 is 29.9 Å². The minimum Gasteiger partial charge on any atom is -0.381 e. The Labute approximate surface area is 189 Å². The molecule has 0 amide bonds. The Morgan fingerprint density at radius 2 is 1.75 bits per heavy atom. The van der Waals surface area contributed by atoms with Gasteiger partial charge in [0.25, 0.3) is 0 Å². The van der Waals surface area contributed by atoms with Crippen molar-refractivity contribution in [2.24, 2.45) is 10.9 Å². The highest BCUT2D eigenvalue weighted by molar-refractivity contribution is 14.0. The topological polar surface area (TPSA) is 64.1 Å². The van der Waals surface area contributed by atoms with Crippen molar-refractivity contribution in [1.82, 2.24) is 10.6 Å². The van der Waals surface area contributed by atoms with Crippen LogP contribution in [-0.2, 0) is 14.2 Å². The number of halogens is 1. The number of rotatable bonds is 11. The average Bonchev–Trinajstić information content (AvgIpc) is 2.97. The molecule has 2 N–H and O–H groups in total. The number of guanidine groups is 1. The Morgan fingerprint density at radius 3 is 2.46 bits per heavy atom. The predicted molar refractivity (Wildman–Crippen MR) is 126 cm³/mol. The normalized spacial score (nSPS) is 19.7. The van der Waals surface area contributed by atoms with Gasteiger partial charge in [0.1, 0.15) is 0 Å². The van der Waals surface area contributed by atoms with Crippen molar-refractivity contribution in [2.75, 3.05) is 52.7 Å². The van der Waals surface area contributed by atoms with Crippen LogP contribution in [-0.4, -0.2) is 64.7 Å². The molecule has 7 heteroatoms. The fourth-order valence-electron chi connectivity index (χ4n) is 3.67. The quantitative estimate of drug-likeness (QED) is 0.146. The zero-order valence-corrected chi connectivity index (χ0v) is 20.1. The maximum atomic E-state index is 6.03. The minimum atomic E-state index is 0. The smallest absolute Gasteiger partial charge is 0.191 e. The fraction of sp³-hybridized carbons (Fsp3) is 0.952. The van der Waals surface area contributed by atoms with Crippen molar-refractivity contribution in [3.05, 3.63) is 0 Å². The van der Waals surface area contributed by atoms with Gasteiger partial charge in [-0.05, 0) is 44.9 Å². The molecule has 1 saturated carbocycles. The number of ether oxygens (including phenoxy) is 3. The van der Waals surface area contributed by atoms with E-state index in [0.717, 1.165) is 77.9 Å². The van der Waals surface area contributed by atoms with Gasteiger partial charge in [0.05, 0.1) is 12.7 Å². The molecule has 166 valence electrons. The molecule has 0 bridgehead atoms. The molecule has 0 aromatic rings. The molecular weight excluding hydrogens is 469 g/mol. The van der Waals surface area contributed by atoms with Crippen LogP contribution in [0.1, 0.15) is 64.7 Å². The molecule has 6 nitrogen and oxygen atoms in total. The second-order valence-electron chi connectivity index (χ2n) is 7.66. The van der Waals surface area contributed by atoms with E-state index >= 15 is 0 Å². The van der Waals surface area contributed by atoms with E-state index in [1.807, 2.05) is 0 Å². The molecule has 1 heterocycles. The fourth-order valence-corrected chi connectivity index (χ4v) is 3.67. The van der Waals surface area contributed by atoms with E-state index in [2.05, 4.69) is 22.5 Å². The lowest BCUT2D eigenvalue weighted by molar-refractivity contribution is 0.0205. The molecule has 1 aliphatic carbocycles. The van der Waals surface area contributed by atoms with Crippen LogP contribution < -0.4 is 10.6 Å². The van der Waals surface area contributed by atoms with Gasteiger partial charge >= 0.3 is 0 Å². The van der Waals surface area contributed by atoms with Crippen molar-refractivity contribution in [1.29, 1.82) is 0 Å². The van der Waals surface area contributed by atoms with Gasteiger partial charge in [0.15, 0.2) is 5.96 Å². The molecule has 2 aliphatic rings. The lowest BCUT2D eigenvalue weighted by Gasteiger charge is -2.21. The molecule has 0 spiro atoms. The van der Waals surface area contributed by atoms with E-state index < -0.39 is 0 Å². The molecule has 2 rings (SSSR count). The first-order valence-corrected chi connectivity index (χ1v) is 11.2. The predicted octanol–water partition coefficient (Wildman–Crippen LogP) is 3.73. The van der Waals surface area contributed by atoms with Crippen LogP contribution in [0, 0.1) is 5.92 Å². The SMILES string of the molecule is CCNC(=NCCCOCC1CCOCC1)NCCOC1CCCCCC1.I. The summed E-state index contributed by atoms with van der Waals surface area (Å²) in [6, 6.07) is 0. The third kappa shape index (κ3) is 12.4.